The van der Waals surface area contributed by atoms with Crippen LogP contribution in [0.15, 0.2) is 48.8 Å². The fraction of sp³-hybridized carbons (Fsp3) is 0.400. The number of nitrogens with one attached hydrogen (secondary N) is 1. The van der Waals surface area contributed by atoms with Gasteiger partial charge in [0, 0.05) is 61.4 Å². The summed E-state index contributed by atoms with van der Waals surface area (Å²) in [6, 6.07) is 11.9. The van der Waals surface area contributed by atoms with E-state index in [0.717, 1.165) is 48.7 Å². The summed E-state index contributed by atoms with van der Waals surface area (Å²) in [5.41, 5.74) is 4.48. The Morgan fingerprint density at radius 2 is 2.09 bits per heavy atom. The number of hydrogen-bond acceptors (Lipinski definition) is 6. The summed E-state index contributed by atoms with van der Waals surface area (Å²) in [5.74, 6) is -0.157. The van der Waals surface area contributed by atoms with Crippen LogP contribution in [0.1, 0.15) is 18.4 Å². The van der Waals surface area contributed by atoms with Gasteiger partial charge in [-0.3, -0.25) is 14.7 Å². The third kappa shape index (κ3) is 4.41. The van der Waals surface area contributed by atoms with Crippen LogP contribution in [0.25, 0.3) is 6.08 Å². The van der Waals surface area contributed by atoms with Crippen LogP contribution < -0.4 is 10.2 Å². The van der Waals surface area contributed by atoms with Crippen molar-refractivity contribution in [3.05, 3.63) is 54.4 Å². The van der Waals surface area contributed by atoms with E-state index in [1.807, 2.05) is 12.1 Å². The molecule has 1 aromatic carbocycles. The van der Waals surface area contributed by atoms with E-state index in [4.69, 9.17) is 0 Å². The van der Waals surface area contributed by atoms with E-state index < -0.39 is 12.2 Å². The summed E-state index contributed by atoms with van der Waals surface area (Å²) in [6.07, 6.45) is 7.87. The van der Waals surface area contributed by atoms with E-state index in [9.17, 15) is 14.4 Å². The topological polar surface area (TPSA) is 75.5 Å². The van der Waals surface area contributed by atoms with Gasteiger partial charge in [0.25, 0.3) is 0 Å². The number of rotatable bonds is 5. The first-order valence-electron chi connectivity index (χ1n) is 11.4. The highest BCUT2D eigenvalue weighted by Crippen LogP contribution is 2.36. The normalized spacial score (nSPS) is 24.5. The van der Waals surface area contributed by atoms with Crippen molar-refractivity contribution >= 4 is 29.0 Å². The van der Waals surface area contributed by atoms with Crippen LogP contribution in [-0.2, 0) is 4.79 Å². The van der Waals surface area contributed by atoms with E-state index in [2.05, 4.69) is 56.5 Å². The molecule has 4 heterocycles. The Labute approximate surface area is 193 Å². The summed E-state index contributed by atoms with van der Waals surface area (Å²) >= 11 is 0. The molecule has 0 bridgehead atoms. The van der Waals surface area contributed by atoms with Gasteiger partial charge in [0.2, 0.25) is 5.91 Å². The Kier molecular flexibility index (Phi) is 5.97. The number of nitrogens with zero attached hydrogens (tertiary/aromatic N) is 5. The van der Waals surface area contributed by atoms with Gasteiger partial charge in [-0.1, -0.05) is 18.2 Å². The fourth-order valence-corrected chi connectivity index (χ4v) is 5.01. The van der Waals surface area contributed by atoms with Crippen molar-refractivity contribution in [2.45, 2.75) is 31.1 Å². The molecule has 170 valence electrons. The molecular weight excluding hydrogens is 419 g/mol. The number of aromatic nitrogens is 1. The maximum absolute atomic E-state index is 13.7. The summed E-state index contributed by atoms with van der Waals surface area (Å²) in [7, 11) is 0. The van der Waals surface area contributed by atoms with E-state index >= 15 is 0 Å². The van der Waals surface area contributed by atoms with Crippen molar-refractivity contribution in [3.8, 4) is 6.07 Å². The highest BCUT2D eigenvalue weighted by Gasteiger charge is 2.36. The molecule has 2 saturated heterocycles. The maximum Gasteiger partial charge on any atom is 0.237 e. The Morgan fingerprint density at radius 1 is 1.24 bits per heavy atom. The first-order chi connectivity index (χ1) is 16.1. The van der Waals surface area contributed by atoms with Crippen LogP contribution in [0.2, 0.25) is 0 Å². The van der Waals surface area contributed by atoms with Crippen molar-refractivity contribution in [2.75, 3.05) is 42.9 Å². The third-order valence-electron chi connectivity index (χ3n) is 6.63. The van der Waals surface area contributed by atoms with Crippen molar-refractivity contribution in [1.29, 1.82) is 5.26 Å². The predicted molar refractivity (Wildman–Crippen MR) is 126 cm³/mol. The Bertz CT molecular complexity index is 1080. The molecule has 1 N–H and O–H groups in total. The van der Waals surface area contributed by atoms with Gasteiger partial charge in [-0.2, -0.15) is 5.26 Å². The molecule has 1 aromatic heterocycles. The number of hydrogen-bond donors (Lipinski definition) is 1. The Morgan fingerprint density at radius 3 is 2.91 bits per heavy atom. The zero-order valence-corrected chi connectivity index (χ0v) is 18.4. The van der Waals surface area contributed by atoms with Crippen LogP contribution in [0.5, 0.6) is 0 Å². The van der Waals surface area contributed by atoms with Crippen LogP contribution in [0.4, 0.5) is 21.5 Å². The fourth-order valence-electron chi connectivity index (χ4n) is 5.01. The van der Waals surface area contributed by atoms with Gasteiger partial charge in [0.05, 0.1) is 24.8 Å². The number of halogens is 1. The largest absolute Gasteiger partial charge is 0.380 e. The van der Waals surface area contributed by atoms with E-state index in [1.165, 1.54) is 4.90 Å². The van der Waals surface area contributed by atoms with Crippen LogP contribution >= 0.6 is 0 Å². The van der Waals surface area contributed by atoms with Crippen LogP contribution in [0.3, 0.4) is 0 Å². The molecule has 3 aliphatic heterocycles. The molecule has 2 fully saturated rings. The molecule has 0 aliphatic carbocycles. The lowest BCUT2D eigenvalue weighted by molar-refractivity contribution is -0.132. The molecule has 0 radical (unpaired) electrons. The lowest BCUT2D eigenvalue weighted by atomic mass is 10.0. The molecule has 3 aliphatic rings. The van der Waals surface area contributed by atoms with E-state index in [-0.39, 0.29) is 31.5 Å². The highest BCUT2D eigenvalue weighted by molar-refractivity contribution is 5.85. The molecular formula is C25H27FN6O. The minimum absolute atomic E-state index is 0.0308. The minimum atomic E-state index is -1.10. The number of benzene rings is 1. The lowest BCUT2D eigenvalue weighted by Crippen LogP contribution is -2.42. The summed E-state index contributed by atoms with van der Waals surface area (Å²) < 4.78 is 13.7. The van der Waals surface area contributed by atoms with E-state index in [1.54, 1.807) is 12.4 Å². The molecule has 5 rings (SSSR count). The SMILES string of the molecule is N#C[C@@H]1C[C@H](F)CN1C(=O)CN1CC[C@H](Nc2cccc3c2C=CCN3c2ccncc2)C1. The van der Waals surface area contributed by atoms with Crippen LogP contribution in [-0.4, -0.2) is 71.7 Å². The first-order valence-corrected chi connectivity index (χ1v) is 11.4. The molecule has 0 unspecified atom stereocenters. The van der Waals surface area contributed by atoms with Gasteiger partial charge in [-0.05, 0) is 30.7 Å². The number of nitriles is 1. The maximum atomic E-state index is 13.7. The number of fused-ring (bicyclic) bond motifs is 1. The lowest BCUT2D eigenvalue weighted by Gasteiger charge is -2.30. The van der Waals surface area contributed by atoms with Gasteiger partial charge in [-0.15, -0.1) is 0 Å². The van der Waals surface area contributed by atoms with Crippen molar-refractivity contribution in [3.63, 3.8) is 0 Å². The zero-order chi connectivity index (χ0) is 22.8. The van der Waals surface area contributed by atoms with E-state index in [0.29, 0.717) is 0 Å². The zero-order valence-electron chi connectivity index (χ0n) is 18.4. The van der Waals surface area contributed by atoms with Crippen LogP contribution in [0, 0.1) is 11.3 Å². The van der Waals surface area contributed by atoms with Gasteiger partial charge in [0.15, 0.2) is 0 Å². The van der Waals surface area contributed by atoms with Crippen molar-refractivity contribution in [2.24, 2.45) is 0 Å². The molecule has 33 heavy (non-hydrogen) atoms. The number of carbonyl (C=O) groups excluding carboxylic acids is 1. The van der Waals surface area contributed by atoms with Crippen molar-refractivity contribution in [1.82, 2.24) is 14.8 Å². The predicted octanol–water partition coefficient (Wildman–Crippen LogP) is 3.20. The second-order valence-corrected chi connectivity index (χ2v) is 8.85. The smallest absolute Gasteiger partial charge is 0.237 e. The van der Waals surface area contributed by atoms with Gasteiger partial charge >= 0.3 is 0 Å². The standard InChI is InChI=1S/C25H27FN6O/c26-18-13-21(14-27)32(15-18)25(33)17-30-12-8-19(16-30)29-23-4-1-5-24-22(23)3-2-11-31(24)20-6-9-28-10-7-20/h1-7,9-10,18-19,21,29H,8,11-13,15-17H2/t18-,19-,21-/m0/s1. The molecule has 0 saturated carbocycles. The van der Waals surface area contributed by atoms with Gasteiger partial charge in [-0.25, -0.2) is 4.39 Å². The Hall–Kier alpha value is -3.44. The molecule has 8 heteroatoms. The Balaban J connectivity index is 1.24. The molecule has 0 spiro atoms. The average molecular weight is 447 g/mol. The number of likely N-dealkylation sites (tertiary alicyclic amines) is 2. The average Bonchev–Trinajstić information content (AvgIpc) is 3.45. The third-order valence-corrected chi connectivity index (χ3v) is 6.63. The quantitative estimate of drug-likeness (QED) is 0.760. The van der Waals surface area contributed by atoms with Crippen molar-refractivity contribution < 1.29 is 9.18 Å². The van der Waals surface area contributed by atoms with Gasteiger partial charge < -0.3 is 15.1 Å². The second-order valence-electron chi connectivity index (χ2n) is 8.85. The monoisotopic (exact) mass is 446 g/mol. The molecule has 2 aromatic rings. The highest BCUT2D eigenvalue weighted by atomic mass is 19.1. The second kappa shape index (κ2) is 9.20. The summed E-state index contributed by atoms with van der Waals surface area (Å²) in [6.45, 7) is 2.59. The molecule has 3 atom stereocenters. The minimum Gasteiger partial charge on any atom is -0.380 e. The first kappa shape index (κ1) is 21.4. The summed E-state index contributed by atoms with van der Waals surface area (Å²) in [4.78, 5) is 22.6. The molecule has 7 nitrogen and oxygen atoms in total. The number of pyridine rings is 1. The number of carbonyl (C=O) groups is 1. The summed E-state index contributed by atoms with van der Waals surface area (Å²) in [5, 5.41) is 12.9. The number of anilines is 3. The number of amides is 1. The van der Waals surface area contributed by atoms with Gasteiger partial charge in [0.1, 0.15) is 12.2 Å². The molecule has 1 amide bonds. The number of alkyl halides is 1.